The first-order chi connectivity index (χ1) is 14.7. The molecule has 154 valence electrons. The molecule has 7 nitrogen and oxygen atoms in total. The Bertz CT molecular complexity index is 1120. The lowest BCUT2D eigenvalue weighted by molar-refractivity contribution is 0.0949. The normalized spacial score (nSPS) is 12.7. The summed E-state index contributed by atoms with van der Waals surface area (Å²) in [6.07, 6.45) is 0.828. The van der Waals surface area contributed by atoms with Crippen LogP contribution in [-0.4, -0.2) is 31.2 Å². The quantitative estimate of drug-likeness (QED) is 0.680. The van der Waals surface area contributed by atoms with Crippen molar-refractivity contribution < 1.29 is 19.0 Å². The van der Waals surface area contributed by atoms with Crippen LogP contribution in [0.2, 0.25) is 0 Å². The Hall–Kier alpha value is -3.74. The van der Waals surface area contributed by atoms with E-state index in [2.05, 4.69) is 10.3 Å². The number of benzene rings is 2. The molecule has 30 heavy (non-hydrogen) atoms. The van der Waals surface area contributed by atoms with Gasteiger partial charge in [-0.15, -0.1) is 0 Å². The molecule has 7 heteroatoms. The molecule has 0 spiro atoms. The Balaban J connectivity index is 1.48. The van der Waals surface area contributed by atoms with Gasteiger partial charge in [-0.2, -0.15) is 0 Å². The number of para-hydroxylation sites is 1. The zero-order valence-corrected chi connectivity index (χ0v) is 16.6. The van der Waals surface area contributed by atoms with E-state index in [-0.39, 0.29) is 12.1 Å². The van der Waals surface area contributed by atoms with Crippen LogP contribution in [0.25, 0.3) is 11.3 Å². The van der Waals surface area contributed by atoms with Gasteiger partial charge >= 0.3 is 0 Å². The largest absolute Gasteiger partial charge is 0.496 e. The molecule has 0 unspecified atom stereocenters. The van der Waals surface area contributed by atoms with Crippen LogP contribution < -0.4 is 25.1 Å². The van der Waals surface area contributed by atoms with Crippen LogP contribution in [0.5, 0.6) is 17.2 Å². The highest BCUT2D eigenvalue weighted by molar-refractivity contribution is 5.94. The number of carbonyl (C=O) groups is 1. The summed E-state index contributed by atoms with van der Waals surface area (Å²) in [7, 11) is 1.57. The molecule has 1 amide bonds. The molecular formula is C23H22N2O5. The molecule has 1 aliphatic rings. The zero-order chi connectivity index (χ0) is 20.9. The first kappa shape index (κ1) is 19.6. The molecule has 0 atom stereocenters. The van der Waals surface area contributed by atoms with E-state index in [0.717, 1.165) is 17.5 Å². The Morgan fingerprint density at radius 3 is 2.67 bits per heavy atom. The molecule has 0 saturated heterocycles. The van der Waals surface area contributed by atoms with E-state index in [9.17, 15) is 9.59 Å². The van der Waals surface area contributed by atoms with Gasteiger partial charge in [-0.05, 0) is 42.0 Å². The van der Waals surface area contributed by atoms with Crippen molar-refractivity contribution in [3.63, 3.8) is 0 Å². The minimum atomic E-state index is -0.463. The van der Waals surface area contributed by atoms with Crippen LogP contribution in [0.1, 0.15) is 22.3 Å². The zero-order valence-electron chi connectivity index (χ0n) is 16.6. The summed E-state index contributed by atoms with van der Waals surface area (Å²) in [6, 6.07) is 16.1. The summed E-state index contributed by atoms with van der Waals surface area (Å²) in [5.41, 5.74) is 1.76. The molecule has 3 aromatic rings. The summed E-state index contributed by atoms with van der Waals surface area (Å²) in [5, 5.41) is 2.78. The minimum absolute atomic E-state index is 0.0444. The lowest BCUT2D eigenvalue weighted by atomic mass is 10.1. The molecule has 0 fully saturated rings. The third kappa shape index (κ3) is 4.15. The van der Waals surface area contributed by atoms with E-state index in [1.165, 1.54) is 6.07 Å². The molecule has 0 bridgehead atoms. The third-order valence-corrected chi connectivity index (χ3v) is 4.82. The van der Waals surface area contributed by atoms with Crippen LogP contribution in [0.3, 0.4) is 0 Å². The van der Waals surface area contributed by atoms with Crippen LogP contribution in [0, 0.1) is 0 Å². The first-order valence-electron chi connectivity index (χ1n) is 9.69. The molecule has 2 aromatic carbocycles. The summed E-state index contributed by atoms with van der Waals surface area (Å²) >= 11 is 0. The van der Waals surface area contributed by atoms with Gasteiger partial charge in [-0.3, -0.25) is 9.59 Å². The fraction of sp³-hybridized carbons (Fsp3) is 0.217. The summed E-state index contributed by atoms with van der Waals surface area (Å²) in [5.74, 6) is 1.55. The summed E-state index contributed by atoms with van der Waals surface area (Å²) in [4.78, 5) is 27.8. The molecule has 1 aliphatic heterocycles. The topological polar surface area (TPSA) is 89.7 Å². The molecule has 2 N–H and O–H groups in total. The average molecular weight is 406 g/mol. The fourth-order valence-electron chi connectivity index (χ4n) is 3.27. The molecule has 2 heterocycles. The second kappa shape index (κ2) is 8.73. The molecule has 4 rings (SSSR count). The number of methoxy groups -OCH3 is 1. The van der Waals surface area contributed by atoms with E-state index in [1.54, 1.807) is 13.2 Å². The SMILES string of the molecule is COc1ccccc1-c1ccc(C(=O)NCc2ccc3c(c2)OCCCO3)c(=O)[nH]1. The highest BCUT2D eigenvalue weighted by atomic mass is 16.5. The van der Waals surface area contributed by atoms with E-state index >= 15 is 0 Å². The van der Waals surface area contributed by atoms with Gasteiger partial charge in [-0.1, -0.05) is 18.2 Å². The number of hydrogen-bond acceptors (Lipinski definition) is 5. The molecular weight excluding hydrogens is 384 g/mol. The number of H-pyrrole nitrogens is 1. The first-order valence-corrected chi connectivity index (χ1v) is 9.69. The summed E-state index contributed by atoms with van der Waals surface area (Å²) in [6.45, 7) is 1.48. The predicted molar refractivity (Wildman–Crippen MR) is 112 cm³/mol. The number of hydrogen-bond donors (Lipinski definition) is 2. The van der Waals surface area contributed by atoms with E-state index in [0.29, 0.717) is 36.2 Å². The van der Waals surface area contributed by atoms with Gasteiger partial charge in [0.25, 0.3) is 11.5 Å². The Labute approximate surface area is 173 Å². The Morgan fingerprint density at radius 2 is 1.87 bits per heavy atom. The number of nitrogens with one attached hydrogen (secondary N) is 2. The van der Waals surface area contributed by atoms with Crippen molar-refractivity contribution in [2.75, 3.05) is 20.3 Å². The lowest BCUT2D eigenvalue weighted by Crippen LogP contribution is -2.29. The van der Waals surface area contributed by atoms with Crippen molar-refractivity contribution in [2.24, 2.45) is 0 Å². The fourth-order valence-corrected chi connectivity index (χ4v) is 3.27. The van der Waals surface area contributed by atoms with Crippen molar-refractivity contribution in [1.29, 1.82) is 0 Å². The van der Waals surface area contributed by atoms with Gasteiger partial charge in [0.05, 0.1) is 26.0 Å². The third-order valence-electron chi connectivity index (χ3n) is 4.82. The van der Waals surface area contributed by atoms with Crippen molar-refractivity contribution >= 4 is 5.91 Å². The van der Waals surface area contributed by atoms with Crippen LogP contribution in [0.15, 0.2) is 59.4 Å². The highest BCUT2D eigenvalue weighted by Gasteiger charge is 2.14. The van der Waals surface area contributed by atoms with Crippen molar-refractivity contribution in [3.05, 3.63) is 76.1 Å². The number of carbonyl (C=O) groups excluding carboxylic acids is 1. The lowest BCUT2D eigenvalue weighted by Gasteiger charge is -2.11. The van der Waals surface area contributed by atoms with E-state index in [4.69, 9.17) is 14.2 Å². The number of amides is 1. The van der Waals surface area contributed by atoms with Gasteiger partial charge in [0.15, 0.2) is 11.5 Å². The van der Waals surface area contributed by atoms with Gasteiger partial charge < -0.3 is 24.5 Å². The Morgan fingerprint density at radius 1 is 1.07 bits per heavy atom. The van der Waals surface area contributed by atoms with E-state index in [1.807, 2.05) is 42.5 Å². The number of rotatable bonds is 5. The predicted octanol–water partition coefficient (Wildman–Crippen LogP) is 3.14. The van der Waals surface area contributed by atoms with Crippen molar-refractivity contribution in [1.82, 2.24) is 10.3 Å². The number of pyridine rings is 1. The van der Waals surface area contributed by atoms with Gasteiger partial charge in [0, 0.05) is 18.5 Å². The molecule has 1 aromatic heterocycles. The highest BCUT2D eigenvalue weighted by Crippen LogP contribution is 2.30. The number of fused-ring (bicyclic) bond motifs is 1. The molecule has 0 saturated carbocycles. The van der Waals surface area contributed by atoms with Crippen LogP contribution in [0.4, 0.5) is 0 Å². The molecule has 0 aliphatic carbocycles. The van der Waals surface area contributed by atoms with Gasteiger partial charge in [0.2, 0.25) is 0 Å². The minimum Gasteiger partial charge on any atom is -0.496 e. The standard InChI is InChI=1S/C23H22N2O5/c1-28-19-6-3-2-5-16(19)18-9-8-17(23(27)25-18)22(26)24-14-15-7-10-20-21(13-15)30-12-4-11-29-20/h2-3,5-10,13H,4,11-12,14H2,1H3,(H,24,26)(H,25,27). The number of aromatic amines is 1. The van der Waals surface area contributed by atoms with Crippen molar-refractivity contribution in [3.8, 4) is 28.5 Å². The smallest absolute Gasteiger partial charge is 0.261 e. The average Bonchev–Trinajstić information content (AvgIpc) is 3.02. The maximum absolute atomic E-state index is 12.5. The summed E-state index contributed by atoms with van der Waals surface area (Å²) < 4.78 is 16.6. The second-order valence-electron chi connectivity index (χ2n) is 6.83. The Kier molecular flexibility index (Phi) is 5.70. The number of aromatic nitrogens is 1. The van der Waals surface area contributed by atoms with Crippen molar-refractivity contribution in [2.45, 2.75) is 13.0 Å². The monoisotopic (exact) mass is 406 g/mol. The maximum atomic E-state index is 12.5. The van der Waals surface area contributed by atoms with Gasteiger partial charge in [0.1, 0.15) is 11.3 Å². The maximum Gasteiger partial charge on any atom is 0.261 e. The van der Waals surface area contributed by atoms with Crippen LogP contribution >= 0.6 is 0 Å². The molecule has 0 radical (unpaired) electrons. The van der Waals surface area contributed by atoms with E-state index < -0.39 is 11.5 Å². The van der Waals surface area contributed by atoms with Crippen LogP contribution in [-0.2, 0) is 6.54 Å². The van der Waals surface area contributed by atoms with Gasteiger partial charge in [-0.25, -0.2) is 0 Å². The number of ether oxygens (including phenoxy) is 3. The second-order valence-corrected chi connectivity index (χ2v) is 6.83.